The van der Waals surface area contributed by atoms with Crippen LogP contribution in [0.25, 0.3) is 0 Å². The lowest BCUT2D eigenvalue weighted by Gasteiger charge is -2.37. The summed E-state index contributed by atoms with van der Waals surface area (Å²) in [5.41, 5.74) is 1.33. The van der Waals surface area contributed by atoms with Gasteiger partial charge in [0.05, 0.1) is 19.8 Å². The van der Waals surface area contributed by atoms with E-state index in [0.29, 0.717) is 18.6 Å². The first kappa shape index (κ1) is 14.8. The van der Waals surface area contributed by atoms with E-state index in [4.69, 9.17) is 14.2 Å². The number of hydrogen-bond acceptors (Lipinski definition) is 4. The highest BCUT2D eigenvalue weighted by Crippen LogP contribution is 2.41. The Labute approximate surface area is 126 Å². The molecule has 2 fully saturated rings. The van der Waals surface area contributed by atoms with Gasteiger partial charge in [0, 0.05) is 12.6 Å². The highest BCUT2D eigenvalue weighted by atomic mass is 16.7. The molecule has 1 saturated heterocycles. The molecule has 1 aliphatic heterocycles. The lowest BCUT2D eigenvalue weighted by atomic mass is 9.75. The summed E-state index contributed by atoms with van der Waals surface area (Å²) in [6.45, 7) is 5.48. The molecule has 0 radical (unpaired) electrons. The van der Waals surface area contributed by atoms with Gasteiger partial charge in [-0.25, -0.2) is 0 Å². The highest BCUT2D eigenvalue weighted by molar-refractivity contribution is 5.37. The number of methoxy groups -OCH3 is 1. The van der Waals surface area contributed by atoms with Crippen molar-refractivity contribution in [1.29, 1.82) is 0 Å². The highest BCUT2D eigenvalue weighted by Gasteiger charge is 2.35. The second kappa shape index (κ2) is 5.95. The van der Waals surface area contributed by atoms with Gasteiger partial charge in [-0.1, -0.05) is 18.2 Å². The van der Waals surface area contributed by atoms with Crippen molar-refractivity contribution >= 4 is 0 Å². The van der Waals surface area contributed by atoms with Crippen molar-refractivity contribution in [3.63, 3.8) is 0 Å². The quantitative estimate of drug-likeness (QED) is 0.905. The summed E-state index contributed by atoms with van der Waals surface area (Å²) in [5.74, 6) is 1.19. The molecular weight excluding hydrogens is 266 g/mol. The molecule has 0 bridgehead atoms. The van der Waals surface area contributed by atoms with Crippen LogP contribution in [0.5, 0.6) is 5.75 Å². The molecule has 1 N–H and O–H groups in total. The zero-order chi connectivity index (χ0) is 14.9. The Balaban J connectivity index is 1.44. The topological polar surface area (TPSA) is 39.7 Å². The van der Waals surface area contributed by atoms with Crippen molar-refractivity contribution < 1.29 is 14.2 Å². The van der Waals surface area contributed by atoms with Crippen LogP contribution in [0.1, 0.15) is 38.2 Å². The monoisotopic (exact) mass is 291 g/mol. The van der Waals surface area contributed by atoms with Crippen molar-refractivity contribution in [3.05, 3.63) is 29.8 Å². The van der Waals surface area contributed by atoms with Gasteiger partial charge < -0.3 is 19.5 Å². The van der Waals surface area contributed by atoms with E-state index in [9.17, 15) is 0 Å². The van der Waals surface area contributed by atoms with E-state index in [-0.39, 0.29) is 6.10 Å². The van der Waals surface area contributed by atoms with E-state index in [1.165, 1.54) is 5.56 Å². The SMILES string of the molecule is COc1ccccc1C1CC(NCC2COC(C)(C)O2)C1. The van der Waals surface area contributed by atoms with Crippen LogP contribution in [-0.2, 0) is 9.47 Å². The van der Waals surface area contributed by atoms with E-state index in [1.54, 1.807) is 7.11 Å². The first-order chi connectivity index (χ1) is 10.1. The summed E-state index contributed by atoms with van der Waals surface area (Å²) >= 11 is 0. The van der Waals surface area contributed by atoms with Crippen LogP contribution in [0.3, 0.4) is 0 Å². The fourth-order valence-corrected chi connectivity index (χ4v) is 3.20. The molecule has 1 aromatic rings. The second-order valence-corrected chi connectivity index (χ2v) is 6.47. The first-order valence-electron chi connectivity index (χ1n) is 7.75. The fraction of sp³-hybridized carbons (Fsp3) is 0.647. The van der Waals surface area contributed by atoms with Crippen molar-refractivity contribution in [3.8, 4) is 5.75 Å². The fourth-order valence-electron chi connectivity index (χ4n) is 3.20. The standard InChI is InChI=1S/C17H25NO3/c1-17(2)20-11-14(21-17)10-18-13-8-12(9-13)15-6-4-5-7-16(15)19-3/h4-7,12-14,18H,8-11H2,1-3H3. The number of benzene rings is 1. The van der Waals surface area contributed by atoms with Gasteiger partial charge >= 0.3 is 0 Å². The van der Waals surface area contributed by atoms with Gasteiger partial charge in [0.1, 0.15) is 5.75 Å². The normalized spacial score (nSPS) is 30.9. The van der Waals surface area contributed by atoms with Crippen LogP contribution < -0.4 is 10.1 Å². The number of hydrogen-bond donors (Lipinski definition) is 1. The molecule has 0 amide bonds. The molecule has 1 unspecified atom stereocenters. The van der Waals surface area contributed by atoms with Crippen molar-refractivity contribution in [2.45, 2.75) is 50.5 Å². The van der Waals surface area contributed by atoms with Gasteiger partial charge in [-0.15, -0.1) is 0 Å². The largest absolute Gasteiger partial charge is 0.496 e. The third-order valence-electron chi connectivity index (χ3n) is 4.42. The van der Waals surface area contributed by atoms with Crippen LogP contribution in [0.15, 0.2) is 24.3 Å². The van der Waals surface area contributed by atoms with Crippen molar-refractivity contribution in [2.24, 2.45) is 0 Å². The van der Waals surface area contributed by atoms with Crippen molar-refractivity contribution in [2.75, 3.05) is 20.3 Å². The third kappa shape index (κ3) is 3.39. The maximum Gasteiger partial charge on any atom is 0.163 e. The lowest BCUT2D eigenvalue weighted by molar-refractivity contribution is -0.138. The van der Waals surface area contributed by atoms with Crippen LogP contribution in [0, 0.1) is 0 Å². The summed E-state index contributed by atoms with van der Waals surface area (Å²) in [6, 6.07) is 8.91. The number of nitrogens with one attached hydrogen (secondary N) is 1. The maximum absolute atomic E-state index is 5.81. The molecule has 4 nitrogen and oxygen atoms in total. The Morgan fingerprint density at radius 1 is 1.29 bits per heavy atom. The van der Waals surface area contributed by atoms with Gasteiger partial charge in [0.25, 0.3) is 0 Å². The molecule has 3 rings (SSSR count). The lowest BCUT2D eigenvalue weighted by Crippen LogP contribution is -2.44. The Morgan fingerprint density at radius 2 is 2.05 bits per heavy atom. The van der Waals surface area contributed by atoms with E-state index < -0.39 is 5.79 Å². The molecule has 1 aliphatic carbocycles. The molecule has 4 heteroatoms. The minimum Gasteiger partial charge on any atom is -0.496 e. The van der Waals surface area contributed by atoms with Crippen LogP contribution in [0.2, 0.25) is 0 Å². The Kier molecular flexibility index (Phi) is 4.20. The van der Waals surface area contributed by atoms with E-state index >= 15 is 0 Å². The summed E-state index contributed by atoms with van der Waals surface area (Å²) in [7, 11) is 1.74. The molecule has 1 aromatic carbocycles. The Bertz CT molecular complexity index is 483. The molecule has 116 valence electrons. The van der Waals surface area contributed by atoms with Crippen LogP contribution in [0.4, 0.5) is 0 Å². The molecule has 1 heterocycles. The van der Waals surface area contributed by atoms with Gasteiger partial charge in [-0.05, 0) is 44.2 Å². The molecule has 0 spiro atoms. The van der Waals surface area contributed by atoms with E-state index in [0.717, 1.165) is 25.1 Å². The third-order valence-corrected chi connectivity index (χ3v) is 4.42. The van der Waals surface area contributed by atoms with Crippen molar-refractivity contribution in [1.82, 2.24) is 5.32 Å². The molecule has 1 saturated carbocycles. The second-order valence-electron chi connectivity index (χ2n) is 6.47. The summed E-state index contributed by atoms with van der Waals surface area (Å²) in [5, 5.41) is 3.59. The number of ether oxygens (including phenoxy) is 3. The minimum atomic E-state index is -0.425. The van der Waals surface area contributed by atoms with E-state index in [2.05, 4.69) is 17.4 Å². The molecule has 21 heavy (non-hydrogen) atoms. The average Bonchev–Trinajstić information content (AvgIpc) is 2.77. The minimum absolute atomic E-state index is 0.172. The number of para-hydroxylation sites is 1. The van der Waals surface area contributed by atoms with Gasteiger partial charge in [-0.3, -0.25) is 0 Å². The maximum atomic E-state index is 5.81. The van der Waals surface area contributed by atoms with E-state index in [1.807, 2.05) is 26.0 Å². The summed E-state index contributed by atoms with van der Waals surface area (Å²) in [4.78, 5) is 0. The number of rotatable bonds is 5. The first-order valence-corrected chi connectivity index (χ1v) is 7.75. The molecule has 2 aliphatic rings. The predicted molar refractivity (Wildman–Crippen MR) is 81.7 cm³/mol. The molecular formula is C17H25NO3. The zero-order valence-corrected chi connectivity index (χ0v) is 13.1. The smallest absolute Gasteiger partial charge is 0.163 e. The average molecular weight is 291 g/mol. The summed E-state index contributed by atoms with van der Waals surface area (Å²) in [6.07, 6.45) is 2.50. The van der Waals surface area contributed by atoms with Gasteiger partial charge in [-0.2, -0.15) is 0 Å². The van der Waals surface area contributed by atoms with Crippen LogP contribution >= 0.6 is 0 Å². The zero-order valence-electron chi connectivity index (χ0n) is 13.1. The van der Waals surface area contributed by atoms with Crippen LogP contribution in [-0.4, -0.2) is 38.2 Å². The van der Waals surface area contributed by atoms with Gasteiger partial charge in [0.2, 0.25) is 0 Å². The molecule has 0 aromatic heterocycles. The Hall–Kier alpha value is -1.10. The Morgan fingerprint density at radius 3 is 2.71 bits per heavy atom. The molecule has 1 atom stereocenters. The summed E-state index contributed by atoms with van der Waals surface area (Å²) < 4.78 is 16.8. The predicted octanol–water partition coefficient (Wildman–Crippen LogP) is 2.68. The van der Waals surface area contributed by atoms with Gasteiger partial charge in [0.15, 0.2) is 5.79 Å².